The van der Waals surface area contributed by atoms with E-state index in [4.69, 9.17) is 0 Å². The molecule has 7 heteroatoms. The van der Waals surface area contributed by atoms with Crippen molar-refractivity contribution in [2.75, 3.05) is 6.54 Å². The Balaban J connectivity index is 1.44. The average Bonchev–Trinajstić information content (AvgIpc) is 2.92. The van der Waals surface area contributed by atoms with Gasteiger partial charge in [-0.25, -0.2) is 0 Å². The minimum absolute atomic E-state index is 0.0719. The van der Waals surface area contributed by atoms with Crippen LogP contribution in [0.4, 0.5) is 0 Å². The second kappa shape index (κ2) is 7.60. The highest BCUT2D eigenvalue weighted by Crippen LogP contribution is 2.22. The molecule has 0 saturated carbocycles. The van der Waals surface area contributed by atoms with Gasteiger partial charge in [-0.1, -0.05) is 30.3 Å². The van der Waals surface area contributed by atoms with Gasteiger partial charge in [0.15, 0.2) is 0 Å². The van der Waals surface area contributed by atoms with Gasteiger partial charge >= 0.3 is 0 Å². The smallest absolute Gasteiger partial charge is 0.269 e. The van der Waals surface area contributed by atoms with E-state index >= 15 is 0 Å². The molecule has 0 aliphatic carbocycles. The lowest BCUT2D eigenvalue weighted by molar-refractivity contribution is -0.122. The lowest BCUT2D eigenvalue weighted by Crippen LogP contribution is -2.42. The summed E-state index contributed by atoms with van der Waals surface area (Å²) < 4.78 is 0. The number of amides is 4. The summed E-state index contributed by atoms with van der Waals surface area (Å²) in [7, 11) is 0. The minimum atomic E-state index is -0.417. The molecule has 2 aromatic rings. The molecule has 0 spiro atoms. The Kier molecular flexibility index (Phi) is 5.07. The number of fused-ring (bicyclic) bond motifs is 1. The molecular formula is C19H17N3O4. The highest BCUT2D eigenvalue weighted by atomic mass is 16.2. The van der Waals surface area contributed by atoms with Crippen molar-refractivity contribution in [3.05, 3.63) is 71.3 Å². The van der Waals surface area contributed by atoms with E-state index in [-0.39, 0.29) is 24.8 Å². The van der Waals surface area contributed by atoms with Crippen molar-refractivity contribution in [3.8, 4) is 0 Å². The SMILES string of the molecule is O=C(CCCN1C(=O)c2ccccc2C1=O)NNC(=O)c1ccccc1. The molecule has 0 fully saturated rings. The van der Waals surface area contributed by atoms with Gasteiger partial charge in [0.1, 0.15) is 0 Å². The van der Waals surface area contributed by atoms with E-state index in [0.29, 0.717) is 23.1 Å². The lowest BCUT2D eigenvalue weighted by atomic mass is 10.1. The number of hydrazine groups is 1. The first-order valence-electron chi connectivity index (χ1n) is 8.17. The van der Waals surface area contributed by atoms with Crippen LogP contribution in [0.1, 0.15) is 43.9 Å². The van der Waals surface area contributed by atoms with E-state index in [9.17, 15) is 19.2 Å². The summed E-state index contributed by atoms with van der Waals surface area (Å²) in [5.74, 6) is -1.50. The number of carbonyl (C=O) groups is 4. The predicted octanol–water partition coefficient (Wildman–Crippen LogP) is 1.52. The Hall–Kier alpha value is -3.48. The summed E-state index contributed by atoms with van der Waals surface area (Å²) in [6, 6.07) is 15.1. The molecule has 7 nitrogen and oxygen atoms in total. The number of nitrogens with one attached hydrogen (secondary N) is 2. The molecule has 0 unspecified atom stereocenters. The van der Waals surface area contributed by atoms with Gasteiger partial charge in [-0.05, 0) is 30.7 Å². The van der Waals surface area contributed by atoms with E-state index in [2.05, 4.69) is 10.9 Å². The number of rotatable bonds is 5. The van der Waals surface area contributed by atoms with Crippen LogP contribution in [-0.4, -0.2) is 35.1 Å². The third-order valence-electron chi connectivity index (χ3n) is 4.02. The van der Waals surface area contributed by atoms with Crippen LogP contribution >= 0.6 is 0 Å². The van der Waals surface area contributed by atoms with E-state index in [1.807, 2.05) is 0 Å². The summed E-state index contributed by atoms with van der Waals surface area (Å²) in [6.45, 7) is 0.145. The summed E-state index contributed by atoms with van der Waals surface area (Å²) in [6.07, 6.45) is 0.376. The normalized spacial score (nSPS) is 12.7. The zero-order chi connectivity index (χ0) is 18.5. The first-order valence-corrected chi connectivity index (χ1v) is 8.17. The summed E-state index contributed by atoms with van der Waals surface area (Å²) in [5, 5.41) is 0. The minimum Gasteiger partial charge on any atom is -0.274 e. The second-order valence-corrected chi connectivity index (χ2v) is 5.78. The van der Waals surface area contributed by atoms with Crippen molar-refractivity contribution >= 4 is 23.6 Å². The molecule has 0 atom stereocenters. The molecule has 0 bridgehead atoms. The first-order chi connectivity index (χ1) is 12.6. The number of nitrogens with zero attached hydrogens (tertiary/aromatic N) is 1. The van der Waals surface area contributed by atoms with Crippen molar-refractivity contribution < 1.29 is 19.2 Å². The Morgan fingerprint density at radius 3 is 2.00 bits per heavy atom. The van der Waals surface area contributed by atoms with E-state index < -0.39 is 11.8 Å². The molecule has 2 N–H and O–H groups in total. The van der Waals surface area contributed by atoms with Crippen molar-refractivity contribution in [2.45, 2.75) is 12.8 Å². The number of hydrogen-bond donors (Lipinski definition) is 2. The van der Waals surface area contributed by atoms with Gasteiger partial charge in [0.05, 0.1) is 11.1 Å². The summed E-state index contributed by atoms with van der Waals surface area (Å²) in [4.78, 5) is 49.2. The maximum absolute atomic E-state index is 12.2. The van der Waals surface area contributed by atoms with Gasteiger partial charge in [-0.2, -0.15) is 0 Å². The van der Waals surface area contributed by atoms with Gasteiger partial charge in [-0.3, -0.25) is 34.9 Å². The van der Waals surface area contributed by atoms with Crippen LogP contribution in [0, 0.1) is 0 Å². The van der Waals surface area contributed by atoms with Crippen LogP contribution < -0.4 is 10.9 Å². The van der Waals surface area contributed by atoms with Crippen LogP contribution in [-0.2, 0) is 4.79 Å². The van der Waals surface area contributed by atoms with E-state index in [0.717, 1.165) is 4.90 Å². The fourth-order valence-corrected chi connectivity index (χ4v) is 2.69. The Morgan fingerprint density at radius 1 is 0.808 bits per heavy atom. The molecule has 0 radical (unpaired) electrons. The van der Waals surface area contributed by atoms with Crippen LogP contribution in [0.2, 0.25) is 0 Å². The highest BCUT2D eigenvalue weighted by molar-refractivity contribution is 6.21. The standard InChI is InChI=1S/C19H17N3O4/c23-16(20-21-17(24)13-7-2-1-3-8-13)11-6-12-22-18(25)14-9-4-5-10-15(14)19(22)26/h1-5,7-10H,6,11-12H2,(H,20,23)(H,21,24). The van der Waals surface area contributed by atoms with Crippen LogP contribution in [0.5, 0.6) is 0 Å². The first kappa shape index (κ1) is 17.3. The summed E-state index contributed by atoms with van der Waals surface area (Å²) in [5.41, 5.74) is 5.84. The van der Waals surface area contributed by atoms with Crippen molar-refractivity contribution in [2.24, 2.45) is 0 Å². The zero-order valence-electron chi connectivity index (χ0n) is 13.9. The van der Waals surface area contributed by atoms with Gasteiger partial charge < -0.3 is 0 Å². The number of carbonyl (C=O) groups excluding carboxylic acids is 4. The van der Waals surface area contributed by atoms with Crippen molar-refractivity contribution in [1.29, 1.82) is 0 Å². The Morgan fingerprint density at radius 2 is 1.38 bits per heavy atom. The largest absolute Gasteiger partial charge is 0.274 e. The molecule has 2 aromatic carbocycles. The molecule has 1 aliphatic heterocycles. The molecular weight excluding hydrogens is 334 g/mol. The van der Waals surface area contributed by atoms with Crippen molar-refractivity contribution in [1.82, 2.24) is 15.8 Å². The number of benzene rings is 2. The number of hydrogen-bond acceptors (Lipinski definition) is 4. The topological polar surface area (TPSA) is 95.6 Å². The van der Waals surface area contributed by atoms with Crippen LogP contribution in [0.15, 0.2) is 54.6 Å². The Labute approximate surface area is 150 Å². The quantitative estimate of drug-likeness (QED) is 0.631. The molecule has 26 heavy (non-hydrogen) atoms. The fourth-order valence-electron chi connectivity index (χ4n) is 2.69. The average molecular weight is 351 g/mol. The lowest BCUT2D eigenvalue weighted by Gasteiger charge is -2.13. The highest BCUT2D eigenvalue weighted by Gasteiger charge is 2.34. The molecule has 0 saturated heterocycles. The third kappa shape index (κ3) is 3.61. The maximum Gasteiger partial charge on any atom is 0.269 e. The molecule has 1 heterocycles. The monoisotopic (exact) mass is 351 g/mol. The van der Waals surface area contributed by atoms with Gasteiger partial charge in [0.25, 0.3) is 17.7 Å². The van der Waals surface area contributed by atoms with Gasteiger partial charge in [0.2, 0.25) is 5.91 Å². The second-order valence-electron chi connectivity index (χ2n) is 5.78. The predicted molar refractivity (Wildman–Crippen MR) is 93.1 cm³/mol. The molecule has 4 amide bonds. The third-order valence-corrected chi connectivity index (χ3v) is 4.02. The van der Waals surface area contributed by atoms with Gasteiger partial charge in [0, 0.05) is 18.5 Å². The summed E-state index contributed by atoms with van der Waals surface area (Å²) >= 11 is 0. The maximum atomic E-state index is 12.2. The van der Waals surface area contributed by atoms with E-state index in [1.165, 1.54) is 0 Å². The molecule has 0 aromatic heterocycles. The number of imide groups is 1. The fraction of sp³-hybridized carbons (Fsp3) is 0.158. The van der Waals surface area contributed by atoms with E-state index in [1.54, 1.807) is 54.6 Å². The Bertz CT molecular complexity index is 829. The van der Waals surface area contributed by atoms with Crippen LogP contribution in [0.3, 0.4) is 0 Å². The molecule has 3 rings (SSSR count). The van der Waals surface area contributed by atoms with Crippen molar-refractivity contribution in [3.63, 3.8) is 0 Å². The van der Waals surface area contributed by atoms with Crippen LogP contribution in [0.25, 0.3) is 0 Å². The van der Waals surface area contributed by atoms with Gasteiger partial charge in [-0.15, -0.1) is 0 Å². The molecule has 1 aliphatic rings. The molecule has 132 valence electrons. The zero-order valence-corrected chi connectivity index (χ0v) is 13.9.